The van der Waals surface area contributed by atoms with Crippen LogP contribution in [0.3, 0.4) is 0 Å². The summed E-state index contributed by atoms with van der Waals surface area (Å²) in [6.45, 7) is 0. The summed E-state index contributed by atoms with van der Waals surface area (Å²) in [5.74, 6) is 0.0665. The van der Waals surface area contributed by atoms with Crippen LogP contribution in [0.25, 0.3) is 0 Å². The van der Waals surface area contributed by atoms with Gasteiger partial charge in [-0.3, -0.25) is 9.48 Å². The van der Waals surface area contributed by atoms with Gasteiger partial charge in [0.1, 0.15) is 0 Å². The molecule has 0 spiro atoms. The molecule has 17 heavy (non-hydrogen) atoms. The number of carbonyl (C=O) groups excluding carboxylic acids is 1. The van der Waals surface area contributed by atoms with Crippen molar-refractivity contribution >= 4 is 17.4 Å². The van der Waals surface area contributed by atoms with E-state index >= 15 is 0 Å². The quantitative estimate of drug-likeness (QED) is 0.780. The van der Waals surface area contributed by atoms with E-state index in [1.165, 1.54) is 0 Å². The van der Waals surface area contributed by atoms with E-state index in [-0.39, 0.29) is 5.78 Å². The molecule has 4 heteroatoms. The largest absolute Gasteiger partial charge is 0.294 e. The van der Waals surface area contributed by atoms with Crippen LogP contribution in [0.4, 0.5) is 0 Å². The minimum atomic E-state index is 0.0665. The Morgan fingerprint density at radius 2 is 2.12 bits per heavy atom. The van der Waals surface area contributed by atoms with Gasteiger partial charge in [-0.05, 0) is 24.6 Å². The summed E-state index contributed by atoms with van der Waals surface area (Å²) in [7, 11) is 1.87. The van der Waals surface area contributed by atoms with Crippen LogP contribution < -0.4 is 0 Å². The van der Waals surface area contributed by atoms with Gasteiger partial charge in [0.05, 0.1) is 5.02 Å². The van der Waals surface area contributed by atoms with E-state index in [0.29, 0.717) is 23.4 Å². The Balaban J connectivity index is 2.04. The Morgan fingerprint density at radius 1 is 1.35 bits per heavy atom. The summed E-state index contributed by atoms with van der Waals surface area (Å²) in [6.07, 6.45) is 2.86. The van der Waals surface area contributed by atoms with Gasteiger partial charge in [0, 0.05) is 30.9 Å². The Hall–Kier alpha value is -1.61. The van der Waals surface area contributed by atoms with Crippen LogP contribution in [0.5, 0.6) is 0 Å². The standard InChI is InChI=1S/C13H13ClN2O/c1-16-10(8-9-15-16)6-7-13(17)11-4-2-3-5-12(11)14/h2-5,8-9H,6-7H2,1H3. The molecule has 2 rings (SSSR count). The normalized spacial score (nSPS) is 10.5. The number of hydrogen-bond donors (Lipinski definition) is 0. The maximum Gasteiger partial charge on any atom is 0.164 e. The third-order valence-corrected chi connectivity index (χ3v) is 3.03. The van der Waals surface area contributed by atoms with Gasteiger partial charge in [-0.25, -0.2) is 0 Å². The Kier molecular flexibility index (Phi) is 3.59. The lowest BCUT2D eigenvalue weighted by Gasteiger charge is -2.03. The van der Waals surface area contributed by atoms with Crippen molar-refractivity contribution < 1.29 is 4.79 Å². The lowest BCUT2D eigenvalue weighted by molar-refractivity contribution is 0.0982. The lowest BCUT2D eigenvalue weighted by atomic mass is 10.1. The van der Waals surface area contributed by atoms with Crippen molar-refractivity contribution in [2.24, 2.45) is 7.05 Å². The third kappa shape index (κ3) is 2.74. The van der Waals surface area contributed by atoms with E-state index in [9.17, 15) is 4.79 Å². The van der Waals surface area contributed by atoms with Gasteiger partial charge in [0.25, 0.3) is 0 Å². The molecule has 88 valence electrons. The first kappa shape index (κ1) is 11.9. The van der Waals surface area contributed by atoms with Crippen LogP contribution in [-0.4, -0.2) is 15.6 Å². The van der Waals surface area contributed by atoms with Gasteiger partial charge in [0.15, 0.2) is 5.78 Å². The molecular formula is C13H13ClN2O. The predicted molar refractivity (Wildman–Crippen MR) is 67.3 cm³/mol. The SMILES string of the molecule is Cn1nccc1CCC(=O)c1ccccc1Cl. The van der Waals surface area contributed by atoms with Gasteiger partial charge >= 0.3 is 0 Å². The molecular weight excluding hydrogens is 236 g/mol. The van der Waals surface area contributed by atoms with E-state index < -0.39 is 0 Å². The number of carbonyl (C=O) groups is 1. The molecule has 0 N–H and O–H groups in total. The zero-order chi connectivity index (χ0) is 12.3. The maximum atomic E-state index is 12.0. The van der Waals surface area contributed by atoms with Crippen molar-refractivity contribution in [3.05, 3.63) is 52.8 Å². The molecule has 0 radical (unpaired) electrons. The average molecular weight is 249 g/mol. The number of ketones is 1. The highest BCUT2D eigenvalue weighted by atomic mass is 35.5. The molecule has 0 saturated heterocycles. The third-order valence-electron chi connectivity index (χ3n) is 2.70. The van der Waals surface area contributed by atoms with Gasteiger partial charge < -0.3 is 0 Å². The average Bonchev–Trinajstić information content (AvgIpc) is 2.72. The number of halogens is 1. The second-order valence-corrected chi connectivity index (χ2v) is 4.26. The molecule has 2 aromatic rings. The molecule has 1 aromatic carbocycles. The molecule has 0 aliphatic carbocycles. The van der Waals surface area contributed by atoms with E-state index in [0.717, 1.165) is 5.69 Å². The first-order chi connectivity index (χ1) is 8.18. The first-order valence-electron chi connectivity index (χ1n) is 5.43. The van der Waals surface area contributed by atoms with Crippen LogP contribution in [0.1, 0.15) is 22.5 Å². The number of rotatable bonds is 4. The minimum absolute atomic E-state index is 0.0665. The molecule has 0 atom stereocenters. The molecule has 0 saturated carbocycles. The minimum Gasteiger partial charge on any atom is -0.294 e. The number of hydrogen-bond acceptors (Lipinski definition) is 2. The summed E-state index contributed by atoms with van der Waals surface area (Å²) in [5, 5.41) is 4.58. The fourth-order valence-electron chi connectivity index (χ4n) is 1.71. The zero-order valence-electron chi connectivity index (χ0n) is 9.56. The molecule has 1 heterocycles. The highest BCUT2D eigenvalue weighted by Crippen LogP contribution is 2.17. The van der Waals surface area contributed by atoms with Gasteiger partial charge in [0.2, 0.25) is 0 Å². The van der Waals surface area contributed by atoms with Crippen LogP contribution in [0.15, 0.2) is 36.5 Å². The highest BCUT2D eigenvalue weighted by Gasteiger charge is 2.10. The molecule has 0 aliphatic heterocycles. The fraction of sp³-hybridized carbons (Fsp3) is 0.231. The van der Waals surface area contributed by atoms with Gasteiger partial charge in [-0.15, -0.1) is 0 Å². The van der Waals surface area contributed by atoms with Crippen molar-refractivity contribution in [1.82, 2.24) is 9.78 Å². The van der Waals surface area contributed by atoms with E-state index in [1.54, 1.807) is 23.0 Å². The van der Waals surface area contributed by atoms with Crippen LogP contribution in [0.2, 0.25) is 5.02 Å². The van der Waals surface area contributed by atoms with Gasteiger partial charge in [-0.1, -0.05) is 23.7 Å². The molecule has 0 aliphatic rings. The van der Waals surface area contributed by atoms with Crippen molar-refractivity contribution in [1.29, 1.82) is 0 Å². The molecule has 0 fully saturated rings. The number of benzene rings is 1. The predicted octanol–water partition coefficient (Wildman–Crippen LogP) is 2.89. The maximum absolute atomic E-state index is 12.0. The van der Waals surface area contributed by atoms with E-state index in [4.69, 9.17) is 11.6 Å². The first-order valence-corrected chi connectivity index (χ1v) is 5.81. The van der Waals surface area contributed by atoms with E-state index in [1.807, 2.05) is 25.2 Å². The molecule has 0 bridgehead atoms. The Morgan fingerprint density at radius 3 is 2.76 bits per heavy atom. The molecule has 3 nitrogen and oxygen atoms in total. The summed E-state index contributed by atoms with van der Waals surface area (Å²) in [5.41, 5.74) is 1.64. The Labute approximate surface area is 105 Å². The highest BCUT2D eigenvalue weighted by molar-refractivity contribution is 6.33. The van der Waals surface area contributed by atoms with Crippen molar-refractivity contribution in [3.63, 3.8) is 0 Å². The van der Waals surface area contributed by atoms with Crippen molar-refractivity contribution in [3.8, 4) is 0 Å². The topological polar surface area (TPSA) is 34.9 Å². The summed E-state index contributed by atoms with van der Waals surface area (Å²) < 4.78 is 1.78. The summed E-state index contributed by atoms with van der Waals surface area (Å²) in [6, 6.07) is 9.05. The number of nitrogens with zero attached hydrogens (tertiary/aromatic N) is 2. The Bertz CT molecular complexity index is 534. The summed E-state index contributed by atoms with van der Waals surface area (Å²) >= 11 is 5.97. The van der Waals surface area contributed by atoms with Gasteiger partial charge in [-0.2, -0.15) is 5.10 Å². The number of Topliss-reactive ketones (excluding diaryl/α,β-unsaturated/α-hetero) is 1. The zero-order valence-corrected chi connectivity index (χ0v) is 10.3. The molecule has 0 amide bonds. The van der Waals surface area contributed by atoms with Crippen molar-refractivity contribution in [2.75, 3.05) is 0 Å². The number of aromatic nitrogens is 2. The summed E-state index contributed by atoms with van der Waals surface area (Å²) in [4.78, 5) is 12.0. The molecule has 0 unspecified atom stereocenters. The second-order valence-electron chi connectivity index (χ2n) is 3.85. The van der Waals surface area contributed by atoms with Crippen LogP contribution in [-0.2, 0) is 13.5 Å². The fourth-order valence-corrected chi connectivity index (χ4v) is 1.95. The molecule has 1 aromatic heterocycles. The lowest BCUT2D eigenvalue weighted by Crippen LogP contribution is -2.05. The van der Waals surface area contributed by atoms with Crippen LogP contribution >= 0.6 is 11.6 Å². The second kappa shape index (κ2) is 5.15. The van der Waals surface area contributed by atoms with Crippen LogP contribution in [0, 0.1) is 0 Å². The van der Waals surface area contributed by atoms with E-state index in [2.05, 4.69) is 5.10 Å². The van der Waals surface area contributed by atoms with Crippen molar-refractivity contribution in [2.45, 2.75) is 12.8 Å². The monoisotopic (exact) mass is 248 g/mol. The smallest absolute Gasteiger partial charge is 0.164 e. The number of aryl methyl sites for hydroxylation is 2.